The summed E-state index contributed by atoms with van der Waals surface area (Å²) in [6.45, 7) is -0.752. The molecule has 1 rings (SSSR count). The molecule has 7 heteroatoms. The Morgan fingerprint density at radius 1 is 1.24 bits per heavy atom. The van der Waals surface area contributed by atoms with Gasteiger partial charge >= 0.3 is 6.36 Å². The second-order valence-corrected chi connectivity index (χ2v) is 3.96. The SMILES string of the molecule is FC(F)(F)OCCOc1cccc(Cl)c1CBr. The van der Waals surface area contributed by atoms with E-state index in [1.807, 2.05) is 0 Å². The van der Waals surface area contributed by atoms with Gasteiger partial charge in [-0.1, -0.05) is 33.6 Å². The van der Waals surface area contributed by atoms with Gasteiger partial charge in [0, 0.05) is 15.9 Å². The highest BCUT2D eigenvalue weighted by molar-refractivity contribution is 9.08. The first-order chi connectivity index (χ1) is 7.94. The number of benzene rings is 1. The summed E-state index contributed by atoms with van der Waals surface area (Å²) in [5.74, 6) is 0.445. The second-order valence-electron chi connectivity index (χ2n) is 2.99. The van der Waals surface area contributed by atoms with E-state index >= 15 is 0 Å². The van der Waals surface area contributed by atoms with Crippen molar-refractivity contribution in [1.29, 1.82) is 0 Å². The number of hydrogen-bond donors (Lipinski definition) is 0. The van der Waals surface area contributed by atoms with Crippen molar-refractivity contribution in [2.75, 3.05) is 13.2 Å². The second kappa shape index (κ2) is 6.47. The first kappa shape index (κ1) is 14.6. The van der Waals surface area contributed by atoms with Crippen molar-refractivity contribution in [3.8, 4) is 5.75 Å². The van der Waals surface area contributed by atoms with Gasteiger partial charge in [-0.2, -0.15) is 0 Å². The molecule has 0 N–H and O–H groups in total. The summed E-state index contributed by atoms with van der Waals surface area (Å²) < 4.78 is 43.8. The van der Waals surface area contributed by atoms with E-state index in [-0.39, 0.29) is 6.61 Å². The van der Waals surface area contributed by atoms with Crippen LogP contribution in [0.2, 0.25) is 5.02 Å². The van der Waals surface area contributed by atoms with E-state index in [2.05, 4.69) is 20.7 Å². The third-order valence-electron chi connectivity index (χ3n) is 1.82. The van der Waals surface area contributed by atoms with E-state index in [1.54, 1.807) is 18.2 Å². The van der Waals surface area contributed by atoms with E-state index in [9.17, 15) is 13.2 Å². The van der Waals surface area contributed by atoms with Crippen molar-refractivity contribution in [2.24, 2.45) is 0 Å². The summed E-state index contributed by atoms with van der Waals surface area (Å²) in [6.07, 6.45) is -4.63. The molecule has 96 valence electrons. The molecule has 0 aliphatic carbocycles. The largest absolute Gasteiger partial charge is 0.522 e. The smallest absolute Gasteiger partial charge is 0.491 e. The van der Waals surface area contributed by atoms with Crippen LogP contribution < -0.4 is 4.74 Å². The fourth-order valence-electron chi connectivity index (χ4n) is 1.11. The molecule has 0 fully saturated rings. The Hall–Kier alpha value is -0.460. The zero-order valence-electron chi connectivity index (χ0n) is 8.56. The predicted octanol–water partition coefficient (Wildman–Crippen LogP) is 4.15. The molecular formula is C10H9BrClF3O2. The summed E-state index contributed by atoms with van der Waals surface area (Å²) in [5, 5.41) is 0.957. The van der Waals surface area contributed by atoms with Crippen LogP contribution in [0.1, 0.15) is 5.56 Å². The van der Waals surface area contributed by atoms with Gasteiger partial charge in [0.25, 0.3) is 0 Å². The zero-order valence-corrected chi connectivity index (χ0v) is 10.9. The predicted molar refractivity (Wildman–Crippen MR) is 61.6 cm³/mol. The Balaban J connectivity index is 2.49. The van der Waals surface area contributed by atoms with E-state index in [1.165, 1.54) is 0 Å². The molecule has 0 unspecified atom stereocenters. The summed E-state index contributed by atoms with van der Waals surface area (Å²) >= 11 is 9.12. The van der Waals surface area contributed by atoms with Crippen LogP contribution in [0.3, 0.4) is 0 Å². The Labute approximate surface area is 110 Å². The Morgan fingerprint density at radius 2 is 1.94 bits per heavy atom. The quantitative estimate of drug-likeness (QED) is 0.595. The molecule has 0 atom stereocenters. The minimum Gasteiger partial charge on any atom is -0.491 e. The molecule has 0 saturated carbocycles. The van der Waals surface area contributed by atoms with Crippen molar-refractivity contribution >= 4 is 27.5 Å². The summed E-state index contributed by atoms with van der Waals surface area (Å²) in [5.41, 5.74) is 0.696. The third kappa shape index (κ3) is 5.14. The van der Waals surface area contributed by atoms with E-state index in [4.69, 9.17) is 16.3 Å². The van der Waals surface area contributed by atoms with Crippen LogP contribution in [-0.2, 0) is 10.1 Å². The van der Waals surface area contributed by atoms with Gasteiger partial charge in [0.15, 0.2) is 0 Å². The fraction of sp³-hybridized carbons (Fsp3) is 0.400. The van der Waals surface area contributed by atoms with Crippen LogP contribution >= 0.6 is 27.5 Å². The maximum atomic E-state index is 11.7. The zero-order chi connectivity index (χ0) is 12.9. The lowest BCUT2D eigenvalue weighted by atomic mass is 10.2. The third-order valence-corrected chi connectivity index (χ3v) is 2.73. The highest BCUT2D eigenvalue weighted by Gasteiger charge is 2.28. The van der Waals surface area contributed by atoms with Crippen LogP contribution in [0.25, 0.3) is 0 Å². The number of alkyl halides is 4. The summed E-state index contributed by atoms with van der Waals surface area (Å²) in [6, 6.07) is 4.97. The number of hydrogen-bond acceptors (Lipinski definition) is 2. The average molecular weight is 334 g/mol. The van der Waals surface area contributed by atoms with Crippen LogP contribution in [-0.4, -0.2) is 19.6 Å². The maximum Gasteiger partial charge on any atom is 0.522 e. The molecule has 17 heavy (non-hydrogen) atoms. The standard InChI is InChI=1S/C10H9BrClF3O2/c11-6-7-8(12)2-1-3-9(7)16-4-5-17-10(13,14)15/h1-3H,4-6H2. The topological polar surface area (TPSA) is 18.5 Å². The normalized spacial score (nSPS) is 11.6. The number of rotatable bonds is 5. The van der Waals surface area contributed by atoms with Crippen LogP contribution in [0.5, 0.6) is 5.75 Å². The molecule has 0 amide bonds. The molecule has 0 aliphatic heterocycles. The molecule has 0 aliphatic rings. The minimum atomic E-state index is -4.63. The van der Waals surface area contributed by atoms with E-state index in [0.29, 0.717) is 21.7 Å². The molecule has 0 spiro atoms. The van der Waals surface area contributed by atoms with Crippen molar-refractivity contribution in [3.05, 3.63) is 28.8 Å². The van der Waals surface area contributed by atoms with Gasteiger partial charge < -0.3 is 4.74 Å². The lowest BCUT2D eigenvalue weighted by Crippen LogP contribution is -2.18. The molecule has 1 aromatic rings. The lowest BCUT2D eigenvalue weighted by molar-refractivity contribution is -0.325. The molecule has 0 heterocycles. The Kier molecular flexibility index (Phi) is 5.55. The molecule has 0 bridgehead atoms. The molecule has 1 aromatic carbocycles. The maximum absolute atomic E-state index is 11.7. The Bertz CT molecular complexity index is 371. The van der Waals surface area contributed by atoms with Gasteiger partial charge in [0.2, 0.25) is 0 Å². The van der Waals surface area contributed by atoms with Gasteiger partial charge in [-0.05, 0) is 12.1 Å². The van der Waals surface area contributed by atoms with E-state index < -0.39 is 13.0 Å². The highest BCUT2D eigenvalue weighted by Crippen LogP contribution is 2.28. The van der Waals surface area contributed by atoms with Crippen molar-refractivity contribution in [3.63, 3.8) is 0 Å². The fourth-order valence-corrected chi connectivity index (χ4v) is 2.09. The van der Waals surface area contributed by atoms with Gasteiger partial charge in [0.05, 0.1) is 6.61 Å². The molecule has 0 saturated heterocycles. The number of ether oxygens (including phenoxy) is 2. The highest BCUT2D eigenvalue weighted by atomic mass is 79.9. The first-order valence-corrected chi connectivity index (χ1v) is 6.11. The van der Waals surface area contributed by atoms with E-state index in [0.717, 1.165) is 0 Å². The van der Waals surface area contributed by atoms with Gasteiger partial charge in [0.1, 0.15) is 12.4 Å². The van der Waals surface area contributed by atoms with Crippen LogP contribution in [0, 0.1) is 0 Å². The average Bonchev–Trinajstić information content (AvgIpc) is 2.23. The molecule has 0 aromatic heterocycles. The van der Waals surface area contributed by atoms with Crippen molar-refractivity contribution in [1.82, 2.24) is 0 Å². The monoisotopic (exact) mass is 332 g/mol. The van der Waals surface area contributed by atoms with Crippen LogP contribution in [0.15, 0.2) is 18.2 Å². The van der Waals surface area contributed by atoms with Gasteiger partial charge in [-0.15, -0.1) is 13.2 Å². The molecule has 0 radical (unpaired) electrons. The summed E-state index contributed by atoms with van der Waals surface area (Å²) in [4.78, 5) is 0. The van der Waals surface area contributed by atoms with Crippen molar-refractivity contribution in [2.45, 2.75) is 11.7 Å². The summed E-state index contributed by atoms with van der Waals surface area (Å²) in [7, 11) is 0. The molecule has 2 nitrogen and oxygen atoms in total. The van der Waals surface area contributed by atoms with Crippen molar-refractivity contribution < 1.29 is 22.6 Å². The first-order valence-electron chi connectivity index (χ1n) is 4.61. The van der Waals surface area contributed by atoms with Gasteiger partial charge in [-0.25, -0.2) is 0 Å². The van der Waals surface area contributed by atoms with Gasteiger partial charge in [-0.3, -0.25) is 4.74 Å². The minimum absolute atomic E-state index is 0.195. The molecular weight excluding hydrogens is 324 g/mol. The lowest BCUT2D eigenvalue weighted by Gasteiger charge is -2.12. The number of halogens is 5. The van der Waals surface area contributed by atoms with Crippen LogP contribution in [0.4, 0.5) is 13.2 Å². The Morgan fingerprint density at radius 3 is 2.53 bits per heavy atom.